The number of anilines is 1. The highest BCUT2D eigenvalue weighted by atomic mass is 19.4. The fourth-order valence-electron chi connectivity index (χ4n) is 3.04. The van der Waals surface area contributed by atoms with Crippen LogP contribution in [0.15, 0.2) is 78.9 Å². The molecule has 4 N–H and O–H groups in total. The predicted octanol–water partition coefficient (Wildman–Crippen LogP) is 4.77. The summed E-state index contributed by atoms with van der Waals surface area (Å²) in [6.45, 7) is 0.225. The molecule has 3 rings (SSSR count). The normalized spacial score (nSPS) is 12.0. The minimum absolute atomic E-state index is 0.0351. The van der Waals surface area contributed by atoms with Gasteiger partial charge in [-0.1, -0.05) is 54.6 Å². The third-order valence-corrected chi connectivity index (χ3v) is 4.74. The van der Waals surface area contributed by atoms with Gasteiger partial charge in [0.05, 0.1) is 5.56 Å². The van der Waals surface area contributed by atoms with Crippen LogP contribution in [0.5, 0.6) is 0 Å². The molecule has 3 aromatic rings. The summed E-state index contributed by atoms with van der Waals surface area (Å²) in [5.74, 6) is -0.652. The maximum Gasteiger partial charge on any atom is 0.416 e. The monoisotopic (exact) mass is 457 g/mol. The lowest BCUT2D eigenvalue weighted by molar-refractivity contribution is -0.137. The fraction of sp³-hybridized carbons (Fsp3) is 0.167. The molecule has 0 bridgehead atoms. The lowest BCUT2D eigenvalue weighted by Gasteiger charge is -2.20. The zero-order chi connectivity index (χ0) is 23.8. The molecular weight excluding hydrogens is 435 g/mol. The van der Waals surface area contributed by atoms with E-state index in [1.807, 2.05) is 6.07 Å². The maximum absolute atomic E-state index is 13.0. The highest BCUT2D eigenvalue weighted by Crippen LogP contribution is 2.30. The minimum Gasteiger partial charge on any atom is -0.445 e. The molecule has 0 fully saturated rings. The first-order valence-corrected chi connectivity index (χ1v) is 10.0. The summed E-state index contributed by atoms with van der Waals surface area (Å²) in [6, 6.07) is 18.4. The van der Waals surface area contributed by atoms with Crippen LogP contribution in [0.25, 0.3) is 0 Å². The molecule has 0 radical (unpaired) electrons. The van der Waals surface area contributed by atoms with Gasteiger partial charge in [0.15, 0.2) is 0 Å². The Morgan fingerprint density at radius 2 is 1.58 bits per heavy atom. The molecular formula is C24H22F3N3O3. The molecule has 0 unspecified atom stereocenters. The molecule has 0 aliphatic heterocycles. The van der Waals surface area contributed by atoms with Crippen LogP contribution in [0.3, 0.4) is 0 Å². The van der Waals surface area contributed by atoms with Gasteiger partial charge in [0.1, 0.15) is 12.6 Å². The van der Waals surface area contributed by atoms with Crippen LogP contribution in [-0.2, 0) is 28.9 Å². The van der Waals surface area contributed by atoms with Gasteiger partial charge in [0.2, 0.25) is 0 Å². The van der Waals surface area contributed by atoms with Crippen molar-refractivity contribution in [1.29, 1.82) is 0 Å². The Bertz CT molecular complexity index is 1090. The summed E-state index contributed by atoms with van der Waals surface area (Å²) in [7, 11) is 0. The molecule has 33 heavy (non-hydrogen) atoms. The highest BCUT2D eigenvalue weighted by molar-refractivity contribution is 5.97. The van der Waals surface area contributed by atoms with Crippen LogP contribution in [0.4, 0.5) is 23.7 Å². The molecule has 3 aromatic carbocycles. The molecule has 0 saturated heterocycles. The molecule has 172 valence electrons. The number of nitrogens with one attached hydrogen (secondary N) is 2. The Morgan fingerprint density at radius 3 is 2.21 bits per heavy atom. The van der Waals surface area contributed by atoms with Crippen molar-refractivity contribution in [2.75, 3.05) is 5.32 Å². The molecule has 6 nitrogen and oxygen atoms in total. The second-order valence-corrected chi connectivity index (χ2v) is 7.15. The molecule has 0 aliphatic carbocycles. The van der Waals surface area contributed by atoms with Crippen LogP contribution in [0, 0.1) is 0 Å². The number of carbonyl (C=O) groups excluding carboxylic acids is 2. The zero-order valence-corrected chi connectivity index (χ0v) is 17.4. The molecule has 0 saturated carbocycles. The van der Waals surface area contributed by atoms with E-state index in [9.17, 15) is 22.8 Å². The Hall–Kier alpha value is -3.85. The van der Waals surface area contributed by atoms with Crippen molar-refractivity contribution < 1.29 is 27.5 Å². The number of hydrogen-bond acceptors (Lipinski definition) is 4. The SMILES string of the molecule is NCc1cccc(NC(=O)[C@@H](NC(=O)OCc2ccccc2)c2ccc(C(F)(F)F)cc2)c1. The van der Waals surface area contributed by atoms with E-state index in [-0.39, 0.29) is 18.7 Å². The average Bonchev–Trinajstić information content (AvgIpc) is 2.81. The third kappa shape index (κ3) is 6.81. The van der Waals surface area contributed by atoms with Gasteiger partial charge in [0.25, 0.3) is 5.91 Å². The van der Waals surface area contributed by atoms with Crippen LogP contribution in [-0.4, -0.2) is 12.0 Å². The van der Waals surface area contributed by atoms with Gasteiger partial charge in [-0.05, 0) is 41.0 Å². The molecule has 0 heterocycles. The number of alkyl carbamates (subject to hydrolysis) is 1. The summed E-state index contributed by atoms with van der Waals surface area (Å²) in [5, 5.41) is 5.08. The van der Waals surface area contributed by atoms with Gasteiger partial charge in [-0.15, -0.1) is 0 Å². The quantitative estimate of drug-likeness (QED) is 0.477. The van der Waals surface area contributed by atoms with E-state index < -0.39 is 29.8 Å². The van der Waals surface area contributed by atoms with Crippen molar-refractivity contribution >= 4 is 17.7 Å². The van der Waals surface area contributed by atoms with Crippen molar-refractivity contribution in [2.24, 2.45) is 5.73 Å². The highest BCUT2D eigenvalue weighted by Gasteiger charge is 2.31. The van der Waals surface area contributed by atoms with Gasteiger partial charge in [0, 0.05) is 12.2 Å². The zero-order valence-electron chi connectivity index (χ0n) is 17.4. The summed E-state index contributed by atoms with van der Waals surface area (Å²) >= 11 is 0. The lowest BCUT2D eigenvalue weighted by Crippen LogP contribution is -2.37. The summed E-state index contributed by atoms with van der Waals surface area (Å²) in [6.07, 6.45) is -5.42. The van der Waals surface area contributed by atoms with Crippen molar-refractivity contribution in [3.63, 3.8) is 0 Å². The van der Waals surface area contributed by atoms with E-state index in [4.69, 9.17) is 10.5 Å². The molecule has 9 heteroatoms. The van der Waals surface area contributed by atoms with E-state index in [2.05, 4.69) is 10.6 Å². The van der Waals surface area contributed by atoms with E-state index in [0.717, 1.165) is 35.4 Å². The Labute approximate surface area is 188 Å². The van der Waals surface area contributed by atoms with Crippen LogP contribution in [0.2, 0.25) is 0 Å². The van der Waals surface area contributed by atoms with Crippen LogP contribution in [0.1, 0.15) is 28.3 Å². The summed E-state index contributed by atoms with van der Waals surface area (Å²) in [4.78, 5) is 25.3. The average molecular weight is 457 g/mol. The van der Waals surface area contributed by atoms with Crippen molar-refractivity contribution in [3.05, 3.63) is 101 Å². The first kappa shape index (κ1) is 23.8. The number of benzene rings is 3. The molecule has 2 amide bonds. The fourth-order valence-corrected chi connectivity index (χ4v) is 3.04. The van der Waals surface area contributed by atoms with E-state index >= 15 is 0 Å². The van der Waals surface area contributed by atoms with Crippen molar-refractivity contribution in [1.82, 2.24) is 5.32 Å². The maximum atomic E-state index is 13.0. The Balaban J connectivity index is 1.78. The number of carbonyl (C=O) groups is 2. The van der Waals surface area contributed by atoms with Crippen LogP contribution < -0.4 is 16.4 Å². The van der Waals surface area contributed by atoms with Gasteiger partial charge in [-0.25, -0.2) is 4.79 Å². The summed E-state index contributed by atoms with van der Waals surface area (Å²) < 4.78 is 44.0. The number of hydrogen-bond donors (Lipinski definition) is 3. The van der Waals surface area contributed by atoms with Crippen LogP contribution >= 0.6 is 0 Å². The molecule has 0 spiro atoms. The number of rotatable bonds is 7. The van der Waals surface area contributed by atoms with Crippen molar-refractivity contribution in [3.8, 4) is 0 Å². The van der Waals surface area contributed by atoms with Gasteiger partial charge < -0.3 is 21.1 Å². The number of ether oxygens (including phenoxy) is 1. The largest absolute Gasteiger partial charge is 0.445 e. The smallest absolute Gasteiger partial charge is 0.416 e. The standard InChI is InChI=1S/C24H22F3N3O3/c25-24(26,27)19-11-9-18(10-12-19)21(22(31)29-20-8-4-7-17(13-20)14-28)30-23(32)33-15-16-5-2-1-3-6-16/h1-13,21H,14-15,28H2,(H,29,31)(H,30,32)/t21-/m0/s1. The second kappa shape index (κ2) is 10.6. The van der Waals surface area contributed by atoms with Gasteiger partial charge in [-0.3, -0.25) is 4.79 Å². The third-order valence-electron chi connectivity index (χ3n) is 4.74. The first-order chi connectivity index (χ1) is 15.8. The Kier molecular flexibility index (Phi) is 7.68. The predicted molar refractivity (Wildman–Crippen MR) is 117 cm³/mol. The molecule has 0 aliphatic rings. The molecule has 0 aromatic heterocycles. The summed E-state index contributed by atoms with van der Waals surface area (Å²) in [5.41, 5.74) is 6.85. The van der Waals surface area contributed by atoms with E-state index in [1.54, 1.807) is 48.5 Å². The van der Waals surface area contributed by atoms with Gasteiger partial charge >= 0.3 is 12.3 Å². The van der Waals surface area contributed by atoms with Crippen molar-refractivity contribution in [2.45, 2.75) is 25.4 Å². The topological polar surface area (TPSA) is 93.5 Å². The minimum atomic E-state index is -4.53. The molecule has 1 atom stereocenters. The lowest BCUT2D eigenvalue weighted by atomic mass is 10.0. The van der Waals surface area contributed by atoms with Gasteiger partial charge in [-0.2, -0.15) is 13.2 Å². The van der Waals surface area contributed by atoms with E-state index in [0.29, 0.717) is 5.69 Å². The second-order valence-electron chi connectivity index (χ2n) is 7.15. The Morgan fingerprint density at radius 1 is 0.909 bits per heavy atom. The number of halogens is 3. The number of nitrogens with two attached hydrogens (primary N) is 1. The van der Waals surface area contributed by atoms with E-state index in [1.165, 1.54) is 0 Å². The first-order valence-electron chi connectivity index (χ1n) is 10.0. The number of alkyl halides is 3. The number of amides is 2.